The molecule has 1 saturated carbocycles. The lowest BCUT2D eigenvalue weighted by Gasteiger charge is -2.20. The average molecular weight is 263 g/mol. The summed E-state index contributed by atoms with van der Waals surface area (Å²) >= 11 is 0. The van der Waals surface area contributed by atoms with E-state index in [2.05, 4.69) is 11.8 Å². The van der Waals surface area contributed by atoms with Crippen LogP contribution in [-0.4, -0.2) is 48.3 Å². The second kappa shape index (κ2) is 6.94. The molecule has 5 heteroatoms. The second-order valence-electron chi connectivity index (χ2n) is 5.13. The predicted molar refractivity (Wildman–Crippen MR) is 76.6 cm³/mol. The molecule has 0 bridgehead atoms. The summed E-state index contributed by atoms with van der Waals surface area (Å²) in [6.45, 7) is 5.94. The zero-order valence-electron chi connectivity index (χ0n) is 11.5. The smallest absolute Gasteiger partial charge is 0.488 e. The maximum atomic E-state index is 9.10. The molecule has 4 nitrogen and oxygen atoms in total. The molecule has 1 fully saturated rings. The molecule has 2 N–H and O–H groups in total. The molecule has 0 amide bonds. The van der Waals surface area contributed by atoms with Gasteiger partial charge in [0, 0.05) is 13.1 Å². The SMILES string of the molecule is CCN(CCOc1cccc(B(O)O)c1)CC1CC1. The van der Waals surface area contributed by atoms with E-state index < -0.39 is 7.12 Å². The maximum absolute atomic E-state index is 9.10. The molecule has 1 aliphatic rings. The molecule has 0 atom stereocenters. The van der Waals surface area contributed by atoms with Crippen LogP contribution in [0, 0.1) is 5.92 Å². The number of hydrogen-bond acceptors (Lipinski definition) is 4. The fourth-order valence-corrected chi connectivity index (χ4v) is 2.10. The minimum absolute atomic E-state index is 0.461. The summed E-state index contributed by atoms with van der Waals surface area (Å²) in [6.07, 6.45) is 2.74. The lowest BCUT2D eigenvalue weighted by Crippen LogP contribution is -2.31. The Hall–Kier alpha value is -1.04. The summed E-state index contributed by atoms with van der Waals surface area (Å²) in [7, 11) is -1.44. The first kappa shape index (κ1) is 14.4. The molecule has 0 saturated heterocycles. The van der Waals surface area contributed by atoms with Crippen LogP contribution in [0.3, 0.4) is 0 Å². The Bertz CT molecular complexity index is 396. The maximum Gasteiger partial charge on any atom is 0.488 e. The zero-order chi connectivity index (χ0) is 13.7. The molecule has 0 heterocycles. The van der Waals surface area contributed by atoms with Crippen molar-refractivity contribution in [3.05, 3.63) is 24.3 Å². The Morgan fingerprint density at radius 1 is 1.37 bits per heavy atom. The number of rotatable bonds is 8. The molecular formula is C14H22BNO3. The van der Waals surface area contributed by atoms with E-state index >= 15 is 0 Å². The summed E-state index contributed by atoms with van der Waals surface area (Å²) in [4.78, 5) is 2.41. The van der Waals surface area contributed by atoms with Crippen molar-refractivity contribution >= 4 is 12.6 Å². The van der Waals surface area contributed by atoms with E-state index in [9.17, 15) is 0 Å². The standard InChI is InChI=1S/C14H22BNO3/c1-2-16(11-12-6-7-12)8-9-19-14-5-3-4-13(10-14)15(17)18/h3-5,10,12,17-18H,2,6-9,11H2,1H3. The first-order valence-electron chi connectivity index (χ1n) is 7.00. The molecule has 0 unspecified atom stereocenters. The van der Waals surface area contributed by atoms with Crippen LogP contribution >= 0.6 is 0 Å². The predicted octanol–water partition coefficient (Wildman–Crippen LogP) is 0.477. The van der Waals surface area contributed by atoms with E-state index in [-0.39, 0.29) is 0 Å². The molecule has 1 aromatic carbocycles. The van der Waals surface area contributed by atoms with Gasteiger partial charge in [0.2, 0.25) is 0 Å². The third-order valence-corrected chi connectivity index (χ3v) is 3.49. The Kier molecular flexibility index (Phi) is 5.25. The summed E-state index contributed by atoms with van der Waals surface area (Å²) in [6, 6.07) is 6.94. The molecule has 1 aromatic rings. The van der Waals surface area contributed by atoms with Gasteiger partial charge < -0.3 is 14.8 Å². The minimum Gasteiger partial charge on any atom is -0.492 e. The number of ether oxygens (including phenoxy) is 1. The van der Waals surface area contributed by atoms with Gasteiger partial charge in [-0.1, -0.05) is 19.1 Å². The van der Waals surface area contributed by atoms with E-state index in [0.29, 0.717) is 17.8 Å². The van der Waals surface area contributed by atoms with Crippen LogP contribution in [0.2, 0.25) is 0 Å². The monoisotopic (exact) mass is 263 g/mol. The van der Waals surface area contributed by atoms with E-state index in [0.717, 1.165) is 19.0 Å². The fraction of sp³-hybridized carbons (Fsp3) is 0.571. The number of likely N-dealkylation sites (N-methyl/N-ethyl adjacent to an activating group) is 1. The van der Waals surface area contributed by atoms with Gasteiger partial charge in [-0.25, -0.2) is 0 Å². The molecule has 19 heavy (non-hydrogen) atoms. The Morgan fingerprint density at radius 2 is 2.16 bits per heavy atom. The highest BCUT2D eigenvalue weighted by atomic mass is 16.5. The Balaban J connectivity index is 1.76. The third-order valence-electron chi connectivity index (χ3n) is 3.49. The number of benzene rings is 1. The lowest BCUT2D eigenvalue weighted by atomic mass is 9.80. The highest BCUT2D eigenvalue weighted by Crippen LogP contribution is 2.29. The zero-order valence-corrected chi connectivity index (χ0v) is 11.5. The molecule has 1 aliphatic carbocycles. The van der Waals surface area contributed by atoms with Gasteiger partial charge in [-0.2, -0.15) is 0 Å². The topological polar surface area (TPSA) is 52.9 Å². The Morgan fingerprint density at radius 3 is 2.79 bits per heavy atom. The quantitative estimate of drug-likeness (QED) is 0.670. The molecule has 0 spiro atoms. The van der Waals surface area contributed by atoms with E-state index in [1.54, 1.807) is 18.2 Å². The van der Waals surface area contributed by atoms with Crippen LogP contribution < -0.4 is 10.2 Å². The summed E-state index contributed by atoms with van der Waals surface area (Å²) < 4.78 is 5.67. The van der Waals surface area contributed by atoms with Crippen LogP contribution in [0.25, 0.3) is 0 Å². The van der Waals surface area contributed by atoms with Gasteiger partial charge in [0.15, 0.2) is 0 Å². The normalized spacial score (nSPS) is 14.7. The van der Waals surface area contributed by atoms with Gasteiger partial charge in [0.25, 0.3) is 0 Å². The van der Waals surface area contributed by atoms with Gasteiger partial charge in [0.05, 0.1) is 0 Å². The van der Waals surface area contributed by atoms with Crippen molar-refractivity contribution in [2.24, 2.45) is 5.92 Å². The van der Waals surface area contributed by atoms with Crippen molar-refractivity contribution < 1.29 is 14.8 Å². The highest BCUT2D eigenvalue weighted by molar-refractivity contribution is 6.58. The van der Waals surface area contributed by atoms with Gasteiger partial charge in [0.1, 0.15) is 12.4 Å². The summed E-state index contributed by atoms with van der Waals surface area (Å²) in [5.41, 5.74) is 0.461. The van der Waals surface area contributed by atoms with E-state index in [1.807, 2.05) is 6.07 Å². The van der Waals surface area contributed by atoms with Crippen molar-refractivity contribution in [1.82, 2.24) is 4.90 Å². The minimum atomic E-state index is -1.44. The molecule has 104 valence electrons. The first-order valence-corrected chi connectivity index (χ1v) is 7.00. The van der Waals surface area contributed by atoms with Crippen LogP contribution in [0.4, 0.5) is 0 Å². The van der Waals surface area contributed by atoms with Crippen molar-refractivity contribution in [2.75, 3.05) is 26.2 Å². The highest BCUT2D eigenvalue weighted by Gasteiger charge is 2.23. The molecular weight excluding hydrogens is 241 g/mol. The third kappa shape index (κ3) is 4.86. The van der Waals surface area contributed by atoms with Crippen molar-refractivity contribution in [1.29, 1.82) is 0 Å². The summed E-state index contributed by atoms with van der Waals surface area (Å²) in [5.74, 6) is 1.58. The fourth-order valence-electron chi connectivity index (χ4n) is 2.10. The van der Waals surface area contributed by atoms with Crippen molar-refractivity contribution in [2.45, 2.75) is 19.8 Å². The van der Waals surface area contributed by atoms with Gasteiger partial charge in [-0.05, 0) is 42.9 Å². The van der Waals surface area contributed by atoms with E-state index in [1.165, 1.54) is 19.4 Å². The molecule has 0 radical (unpaired) electrons. The number of nitrogens with zero attached hydrogens (tertiary/aromatic N) is 1. The lowest BCUT2D eigenvalue weighted by molar-refractivity contribution is 0.210. The molecule has 0 aromatic heterocycles. The van der Waals surface area contributed by atoms with Crippen LogP contribution in [-0.2, 0) is 0 Å². The van der Waals surface area contributed by atoms with Crippen LogP contribution in [0.1, 0.15) is 19.8 Å². The van der Waals surface area contributed by atoms with E-state index in [4.69, 9.17) is 14.8 Å². The van der Waals surface area contributed by atoms with Crippen molar-refractivity contribution in [3.63, 3.8) is 0 Å². The summed E-state index contributed by atoms with van der Waals surface area (Å²) in [5, 5.41) is 18.2. The average Bonchev–Trinajstić information content (AvgIpc) is 3.22. The largest absolute Gasteiger partial charge is 0.492 e. The first-order chi connectivity index (χ1) is 9.19. The second-order valence-corrected chi connectivity index (χ2v) is 5.13. The van der Waals surface area contributed by atoms with Gasteiger partial charge in [-0.3, -0.25) is 4.90 Å². The van der Waals surface area contributed by atoms with Gasteiger partial charge >= 0.3 is 7.12 Å². The molecule has 0 aliphatic heterocycles. The molecule has 2 rings (SSSR count). The van der Waals surface area contributed by atoms with Crippen LogP contribution in [0.15, 0.2) is 24.3 Å². The van der Waals surface area contributed by atoms with Crippen LogP contribution in [0.5, 0.6) is 5.75 Å². The van der Waals surface area contributed by atoms with Gasteiger partial charge in [-0.15, -0.1) is 0 Å². The Labute approximate surface area is 115 Å². The van der Waals surface area contributed by atoms with Crippen molar-refractivity contribution in [3.8, 4) is 5.75 Å². The number of hydrogen-bond donors (Lipinski definition) is 2.